The van der Waals surface area contributed by atoms with Gasteiger partial charge in [0.1, 0.15) is 12.4 Å². The first kappa shape index (κ1) is 26.5. The van der Waals surface area contributed by atoms with E-state index < -0.39 is 5.97 Å². The lowest BCUT2D eigenvalue weighted by Crippen LogP contribution is -2.35. The molecule has 214 valence electrons. The van der Waals surface area contributed by atoms with Crippen LogP contribution < -0.4 is 9.47 Å². The van der Waals surface area contributed by atoms with Crippen molar-refractivity contribution in [1.29, 1.82) is 0 Å². The molecule has 0 bridgehead atoms. The number of ether oxygens (including phenoxy) is 3. The Balaban J connectivity index is 1.04. The quantitative estimate of drug-likeness (QED) is 0.277. The summed E-state index contributed by atoms with van der Waals surface area (Å²) in [7, 11) is 0. The summed E-state index contributed by atoms with van der Waals surface area (Å²) in [4.78, 5) is 22.4. The van der Waals surface area contributed by atoms with E-state index in [1.807, 2.05) is 36.4 Å². The molecule has 0 spiro atoms. The summed E-state index contributed by atoms with van der Waals surface area (Å²) in [5.74, 6) is 2.01. The van der Waals surface area contributed by atoms with Gasteiger partial charge in [-0.05, 0) is 68.1 Å². The summed E-state index contributed by atoms with van der Waals surface area (Å²) in [5, 5.41) is 9.53. The molecule has 9 nitrogen and oxygen atoms in total. The summed E-state index contributed by atoms with van der Waals surface area (Å²) in [6, 6.07) is 18.8. The molecule has 3 aliphatic heterocycles. The van der Waals surface area contributed by atoms with E-state index in [2.05, 4.69) is 20.4 Å². The number of aromatic carboxylic acids is 1. The molecular formula is C33H32N4O5. The number of piperidine rings is 1. The van der Waals surface area contributed by atoms with Gasteiger partial charge in [0.25, 0.3) is 0 Å². The highest BCUT2D eigenvalue weighted by Crippen LogP contribution is 2.44. The van der Waals surface area contributed by atoms with Gasteiger partial charge in [-0.1, -0.05) is 36.4 Å². The predicted octanol–water partition coefficient (Wildman–Crippen LogP) is 5.97. The number of likely N-dealkylation sites (tertiary alicyclic amines) is 1. The first-order chi connectivity index (χ1) is 20.6. The van der Waals surface area contributed by atoms with Gasteiger partial charge in [0.05, 0.1) is 42.4 Å². The average Bonchev–Trinajstić information content (AvgIpc) is 3.34. The molecule has 0 radical (unpaired) electrons. The van der Waals surface area contributed by atoms with Gasteiger partial charge in [0, 0.05) is 12.2 Å². The highest BCUT2D eigenvalue weighted by molar-refractivity contribution is 5.92. The number of carbonyl (C=O) groups is 1. The first-order valence-electron chi connectivity index (χ1n) is 14.5. The zero-order valence-electron chi connectivity index (χ0n) is 23.2. The minimum Gasteiger partial charge on any atom is -0.485 e. The van der Waals surface area contributed by atoms with Crippen molar-refractivity contribution >= 4 is 22.7 Å². The summed E-state index contributed by atoms with van der Waals surface area (Å²) < 4.78 is 20.5. The minimum absolute atomic E-state index is 0.143. The Hall–Kier alpha value is -4.39. The fourth-order valence-electron chi connectivity index (χ4n) is 6.24. The first-order valence-corrected chi connectivity index (χ1v) is 14.5. The van der Waals surface area contributed by atoms with Crippen LogP contribution in [0.25, 0.3) is 15.9 Å². The summed E-state index contributed by atoms with van der Waals surface area (Å²) in [6.45, 7) is 11.6. The van der Waals surface area contributed by atoms with E-state index in [1.54, 1.807) is 18.2 Å². The lowest BCUT2D eigenvalue weighted by atomic mass is 9.88. The monoisotopic (exact) mass is 564 g/mol. The number of benzene rings is 3. The van der Waals surface area contributed by atoms with Gasteiger partial charge >= 0.3 is 5.97 Å². The molecular weight excluding hydrogens is 532 g/mol. The minimum atomic E-state index is -0.934. The maximum Gasteiger partial charge on any atom is 0.335 e. The maximum atomic E-state index is 11.6. The molecule has 9 heteroatoms. The number of carboxylic acid groups (broad SMARTS) is 1. The summed E-state index contributed by atoms with van der Waals surface area (Å²) in [6.07, 6.45) is 2.94. The molecule has 4 aromatic rings. The SMILES string of the molecule is [C-]#[N+]c1ccc([C@@H]2COc3c(cccc3C3CCN(Cc4nc5ccc(C(=O)O)cc5n4C[C@@H]4CCO4)CC3)O2)cc1. The van der Waals surface area contributed by atoms with Crippen LogP contribution in [0.4, 0.5) is 5.69 Å². The lowest BCUT2D eigenvalue weighted by Gasteiger charge is -2.35. The van der Waals surface area contributed by atoms with Crippen LogP contribution in [0.3, 0.4) is 0 Å². The van der Waals surface area contributed by atoms with Gasteiger partial charge in [-0.2, -0.15) is 0 Å². The molecule has 0 unspecified atom stereocenters. The van der Waals surface area contributed by atoms with Crippen LogP contribution in [0.5, 0.6) is 11.5 Å². The second-order valence-electron chi connectivity index (χ2n) is 11.3. The lowest BCUT2D eigenvalue weighted by molar-refractivity contribution is -0.0592. The second-order valence-corrected chi connectivity index (χ2v) is 11.3. The Labute approximate surface area is 244 Å². The van der Waals surface area contributed by atoms with Crippen molar-refractivity contribution in [2.45, 2.75) is 50.5 Å². The number of para-hydroxylation sites is 1. The van der Waals surface area contributed by atoms with Crippen LogP contribution in [0.15, 0.2) is 60.7 Å². The average molecular weight is 565 g/mol. The molecule has 1 aromatic heterocycles. The van der Waals surface area contributed by atoms with E-state index in [0.717, 1.165) is 72.9 Å². The number of rotatable bonds is 7. The van der Waals surface area contributed by atoms with Gasteiger partial charge in [0.15, 0.2) is 23.3 Å². The van der Waals surface area contributed by atoms with Gasteiger partial charge in [-0.15, -0.1) is 0 Å². The van der Waals surface area contributed by atoms with Crippen LogP contribution in [-0.4, -0.2) is 57.9 Å². The third kappa shape index (κ3) is 5.08. The largest absolute Gasteiger partial charge is 0.485 e. The molecule has 2 atom stereocenters. The zero-order valence-corrected chi connectivity index (χ0v) is 23.2. The Morgan fingerprint density at radius 1 is 1.07 bits per heavy atom. The van der Waals surface area contributed by atoms with Gasteiger partial charge in [0.2, 0.25) is 0 Å². The number of hydrogen-bond donors (Lipinski definition) is 1. The van der Waals surface area contributed by atoms with E-state index >= 15 is 0 Å². The number of fused-ring (bicyclic) bond motifs is 2. The molecule has 0 saturated carbocycles. The molecule has 0 aliphatic carbocycles. The molecule has 0 amide bonds. The van der Waals surface area contributed by atoms with Gasteiger partial charge in [-0.3, -0.25) is 4.90 Å². The smallest absolute Gasteiger partial charge is 0.335 e. The Morgan fingerprint density at radius 2 is 1.88 bits per heavy atom. The van der Waals surface area contributed by atoms with Crippen molar-refractivity contribution in [3.8, 4) is 11.5 Å². The molecule has 7 rings (SSSR count). The van der Waals surface area contributed by atoms with Crippen molar-refractivity contribution in [2.75, 3.05) is 26.3 Å². The number of imidazole rings is 1. The topological polar surface area (TPSA) is 90.4 Å². The number of hydrogen-bond acceptors (Lipinski definition) is 6. The van der Waals surface area contributed by atoms with Crippen molar-refractivity contribution < 1.29 is 24.1 Å². The van der Waals surface area contributed by atoms with Crippen molar-refractivity contribution in [3.05, 3.63) is 94.6 Å². The Bertz CT molecular complexity index is 1660. The Morgan fingerprint density at radius 3 is 2.60 bits per heavy atom. The van der Waals surface area contributed by atoms with E-state index in [1.165, 1.54) is 5.56 Å². The summed E-state index contributed by atoms with van der Waals surface area (Å²) in [5.41, 5.74) is 4.75. The van der Waals surface area contributed by atoms with Crippen LogP contribution in [0.1, 0.15) is 58.6 Å². The fourth-order valence-corrected chi connectivity index (χ4v) is 6.24. The second kappa shape index (κ2) is 11.1. The molecule has 1 N–H and O–H groups in total. The zero-order chi connectivity index (χ0) is 28.6. The van der Waals surface area contributed by atoms with Crippen LogP contribution in [0, 0.1) is 6.57 Å². The van der Waals surface area contributed by atoms with Gasteiger partial charge < -0.3 is 23.9 Å². The highest BCUT2D eigenvalue weighted by atomic mass is 16.6. The van der Waals surface area contributed by atoms with Crippen molar-refractivity contribution in [2.24, 2.45) is 0 Å². The number of aromatic nitrogens is 2. The molecule has 2 saturated heterocycles. The molecule has 2 fully saturated rings. The molecule has 3 aliphatic rings. The summed E-state index contributed by atoms with van der Waals surface area (Å²) >= 11 is 0. The maximum absolute atomic E-state index is 11.6. The van der Waals surface area contributed by atoms with Crippen LogP contribution in [0.2, 0.25) is 0 Å². The fraction of sp³-hybridized carbons (Fsp3) is 0.364. The van der Waals surface area contributed by atoms with Crippen molar-refractivity contribution in [1.82, 2.24) is 14.5 Å². The van der Waals surface area contributed by atoms with E-state index in [4.69, 9.17) is 25.8 Å². The molecule has 42 heavy (non-hydrogen) atoms. The Kier molecular flexibility index (Phi) is 7.02. The molecule has 4 heterocycles. The van der Waals surface area contributed by atoms with E-state index in [0.29, 0.717) is 31.3 Å². The van der Waals surface area contributed by atoms with E-state index in [-0.39, 0.29) is 17.8 Å². The third-order valence-corrected chi connectivity index (χ3v) is 8.70. The van der Waals surface area contributed by atoms with Crippen LogP contribution >= 0.6 is 0 Å². The molecule has 3 aromatic carbocycles. The number of carboxylic acids is 1. The van der Waals surface area contributed by atoms with Gasteiger partial charge in [-0.25, -0.2) is 14.6 Å². The predicted molar refractivity (Wildman–Crippen MR) is 156 cm³/mol. The highest BCUT2D eigenvalue weighted by Gasteiger charge is 2.30. The number of nitrogens with zero attached hydrogens (tertiary/aromatic N) is 4. The standard InChI is InChI=1S/C33H32N4O5/c1-34-24-8-5-22(6-9-24)30-20-41-32-26(3-2-4-29(32)42-30)21-11-14-36(15-12-21)19-31-35-27-10-7-23(33(38)39)17-28(27)37(31)18-25-13-16-40-25/h2-10,17,21,25,30H,11-16,18-20H2,(H,38,39)/t25-,30-/m0/s1. The van der Waals surface area contributed by atoms with E-state index in [9.17, 15) is 9.90 Å². The third-order valence-electron chi connectivity index (χ3n) is 8.70. The normalized spacial score (nSPS) is 20.6. The van der Waals surface area contributed by atoms with Crippen molar-refractivity contribution in [3.63, 3.8) is 0 Å². The van der Waals surface area contributed by atoms with Crippen LogP contribution in [-0.2, 0) is 17.8 Å².